The number of hydrogen-bond donors (Lipinski definition) is 2. The Morgan fingerprint density at radius 1 is 0.864 bits per heavy atom. The van der Waals surface area contributed by atoms with Crippen molar-refractivity contribution in [1.29, 1.82) is 0 Å². The standard InChI is InChI=1S/C17H36N2OS2/c1-15(2)17(20)19-14-12-10-8-6-4-5-7-9-11-13-18-16(3)22-21/h15-16,18,21H,4-14H2,1-3H3,(H,19,20)/p+1. The first kappa shape index (κ1) is 22.1. The molecule has 0 aromatic carbocycles. The third-order valence-corrected chi connectivity index (χ3v) is 5.37. The molecule has 0 fully saturated rings. The SMILES string of the molecule is CC(NCCCCCCCCCCCNC(=O)C(C)C)S[SH2+]. The summed E-state index contributed by atoms with van der Waals surface area (Å²) >= 11 is 3.44. The Balaban J connectivity index is 3.10. The van der Waals surface area contributed by atoms with E-state index in [2.05, 4.69) is 29.2 Å². The van der Waals surface area contributed by atoms with Crippen LogP contribution in [0.5, 0.6) is 0 Å². The summed E-state index contributed by atoms with van der Waals surface area (Å²) in [5.41, 5.74) is 0. The molecule has 0 aromatic heterocycles. The van der Waals surface area contributed by atoms with Crippen LogP contribution in [0.2, 0.25) is 0 Å². The fraction of sp³-hybridized carbons (Fsp3) is 0.941. The molecule has 1 atom stereocenters. The molecule has 0 spiro atoms. The molecule has 0 aliphatic heterocycles. The van der Waals surface area contributed by atoms with Gasteiger partial charge in [-0.3, -0.25) is 4.79 Å². The van der Waals surface area contributed by atoms with Crippen molar-refractivity contribution in [2.24, 2.45) is 5.92 Å². The van der Waals surface area contributed by atoms with Crippen molar-refractivity contribution in [2.75, 3.05) is 13.1 Å². The topological polar surface area (TPSA) is 41.1 Å². The van der Waals surface area contributed by atoms with E-state index in [1.807, 2.05) is 13.8 Å². The van der Waals surface area contributed by atoms with E-state index >= 15 is 0 Å². The maximum atomic E-state index is 11.4. The van der Waals surface area contributed by atoms with E-state index in [-0.39, 0.29) is 11.8 Å². The summed E-state index contributed by atoms with van der Waals surface area (Å²) in [5.74, 6) is 0.287. The van der Waals surface area contributed by atoms with Gasteiger partial charge in [-0.2, -0.15) is 0 Å². The first-order valence-electron chi connectivity index (χ1n) is 8.91. The summed E-state index contributed by atoms with van der Waals surface area (Å²) in [6.45, 7) is 8.01. The average molecular weight is 350 g/mol. The zero-order valence-electron chi connectivity index (χ0n) is 14.7. The summed E-state index contributed by atoms with van der Waals surface area (Å²) in [6.07, 6.45) is 11.7. The van der Waals surface area contributed by atoms with E-state index in [0.717, 1.165) is 19.5 Å². The molecule has 0 saturated carbocycles. The normalized spacial score (nSPS) is 12.6. The molecular weight excluding hydrogens is 312 g/mol. The van der Waals surface area contributed by atoms with Gasteiger partial charge >= 0.3 is 0 Å². The van der Waals surface area contributed by atoms with Crippen LogP contribution in [0, 0.1) is 5.92 Å². The number of carbonyl (C=O) groups is 1. The fourth-order valence-electron chi connectivity index (χ4n) is 2.25. The highest BCUT2D eigenvalue weighted by Crippen LogP contribution is 2.10. The molecule has 1 amide bonds. The first-order valence-corrected chi connectivity index (χ1v) is 11.0. The van der Waals surface area contributed by atoms with E-state index in [4.69, 9.17) is 0 Å². The zero-order chi connectivity index (χ0) is 16.6. The van der Waals surface area contributed by atoms with Gasteiger partial charge in [-0.25, -0.2) is 0 Å². The number of hydrogen-bond acceptors (Lipinski definition) is 3. The molecule has 0 radical (unpaired) electrons. The lowest BCUT2D eigenvalue weighted by atomic mass is 10.1. The lowest BCUT2D eigenvalue weighted by molar-refractivity contribution is -0.123. The maximum absolute atomic E-state index is 11.4. The molecule has 1 unspecified atom stereocenters. The van der Waals surface area contributed by atoms with Gasteiger partial charge in [0, 0.05) is 24.1 Å². The second kappa shape index (κ2) is 16.0. The molecule has 0 aromatic rings. The average Bonchev–Trinajstić information content (AvgIpc) is 2.51. The Kier molecular flexibility index (Phi) is 16.1. The Morgan fingerprint density at radius 2 is 1.32 bits per heavy atom. The van der Waals surface area contributed by atoms with Gasteiger partial charge in [0.2, 0.25) is 5.91 Å². The molecule has 0 saturated heterocycles. The van der Waals surface area contributed by atoms with Crippen LogP contribution in [0.4, 0.5) is 0 Å². The molecule has 3 nitrogen and oxygen atoms in total. The zero-order valence-corrected chi connectivity index (χ0v) is 16.6. The molecule has 2 N–H and O–H groups in total. The van der Waals surface area contributed by atoms with E-state index < -0.39 is 0 Å². The lowest BCUT2D eigenvalue weighted by Gasteiger charge is -2.07. The highest BCUT2D eigenvalue weighted by Gasteiger charge is 2.04. The van der Waals surface area contributed by atoms with Gasteiger partial charge in [0.1, 0.15) is 16.2 Å². The molecular formula is C17H37N2OS2+. The third-order valence-electron chi connectivity index (χ3n) is 3.79. The number of rotatable bonds is 15. The second-order valence-electron chi connectivity index (χ2n) is 6.34. The van der Waals surface area contributed by atoms with Crippen LogP contribution >= 0.6 is 10.8 Å². The molecule has 0 heterocycles. The predicted molar refractivity (Wildman–Crippen MR) is 105 cm³/mol. The van der Waals surface area contributed by atoms with Crippen molar-refractivity contribution in [1.82, 2.24) is 10.6 Å². The molecule has 132 valence electrons. The van der Waals surface area contributed by atoms with Gasteiger partial charge in [0.25, 0.3) is 0 Å². The summed E-state index contributed by atoms with van der Waals surface area (Å²) in [6, 6.07) is 0. The van der Waals surface area contributed by atoms with Crippen molar-refractivity contribution in [3.05, 3.63) is 0 Å². The molecule has 5 heteroatoms. The highest BCUT2D eigenvalue weighted by atomic mass is 33.1. The largest absolute Gasteiger partial charge is 0.356 e. The van der Waals surface area contributed by atoms with Crippen LogP contribution < -0.4 is 10.6 Å². The van der Waals surface area contributed by atoms with Gasteiger partial charge in [-0.15, -0.1) is 0 Å². The van der Waals surface area contributed by atoms with Crippen LogP contribution in [-0.4, -0.2) is 24.4 Å². The van der Waals surface area contributed by atoms with Crippen LogP contribution in [0.15, 0.2) is 0 Å². The van der Waals surface area contributed by atoms with Crippen molar-refractivity contribution in [3.63, 3.8) is 0 Å². The number of unbranched alkanes of at least 4 members (excludes halogenated alkanes) is 8. The smallest absolute Gasteiger partial charge is 0.222 e. The first-order chi connectivity index (χ1) is 10.6. The Morgan fingerprint density at radius 3 is 1.77 bits per heavy atom. The Hall–Kier alpha value is 0.130. The van der Waals surface area contributed by atoms with E-state index in [0.29, 0.717) is 5.37 Å². The van der Waals surface area contributed by atoms with Gasteiger partial charge in [0.05, 0.1) is 0 Å². The van der Waals surface area contributed by atoms with Crippen LogP contribution in [-0.2, 0) is 16.5 Å². The predicted octanol–water partition coefficient (Wildman–Crippen LogP) is 3.86. The molecule has 0 aliphatic rings. The second-order valence-corrected chi connectivity index (χ2v) is 7.99. The van der Waals surface area contributed by atoms with Crippen LogP contribution in [0.3, 0.4) is 0 Å². The maximum Gasteiger partial charge on any atom is 0.222 e. The van der Waals surface area contributed by atoms with Crippen LogP contribution in [0.1, 0.15) is 78.6 Å². The number of amides is 1. The van der Waals surface area contributed by atoms with Crippen molar-refractivity contribution in [2.45, 2.75) is 83.9 Å². The van der Waals surface area contributed by atoms with E-state index in [9.17, 15) is 4.79 Å². The van der Waals surface area contributed by atoms with Gasteiger partial charge in [-0.1, -0.05) is 58.8 Å². The molecule has 0 aliphatic carbocycles. The van der Waals surface area contributed by atoms with Gasteiger partial charge < -0.3 is 10.6 Å². The molecule has 22 heavy (non-hydrogen) atoms. The quantitative estimate of drug-likeness (QED) is 0.204. The summed E-state index contributed by atoms with van der Waals surface area (Å²) in [5, 5.41) is 6.94. The highest BCUT2D eigenvalue weighted by molar-refractivity contribution is 8.59. The minimum atomic E-state index is 0.108. The van der Waals surface area contributed by atoms with Crippen molar-refractivity contribution >= 4 is 28.4 Å². The van der Waals surface area contributed by atoms with E-state index in [1.165, 1.54) is 51.4 Å². The minimum absolute atomic E-state index is 0.108. The summed E-state index contributed by atoms with van der Waals surface area (Å²) < 4.78 is 0. The van der Waals surface area contributed by atoms with Crippen molar-refractivity contribution < 1.29 is 4.79 Å². The number of nitrogens with one attached hydrogen (secondary N) is 2. The van der Waals surface area contributed by atoms with E-state index in [1.54, 1.807) is 10.8 Å². The third kappa shape index (κ3) is 15.0. The summed E-state index contributed by atoms with van der Waals surface area (Å²) in [7, 11) is 1.68. The van der Waals surface area contributed by atoms with Gasteiger partial charge in [-0.05, 0) is 26.3 Å². The molecule has 0 bridgehead atoms. The summed E-state index contributed by atoms with van der Waals surface area (Å²) in [4.78, 5) is 11.4. The lowest BCUT2D eigenvalue weighted by Crippen LogP contribution is -2.28. The monoisotopic (exact) mass is 349 g/mol. The number of carbonyl (C=O) groups excluding carboxylic acids is 1. The Labute approximate surface area is 147 Å². The van der Waals surface area contributed by atoms with Crippen LogP contribution in [0.25, 0.3) is 0 Å². The van der Waals surface area contributed by atoms with Gasteiger partial charge in [0.15, 0.2) is 0 Å². The fourth-order valence-corrected chi connectivity index (χ4v) is 2.70. The molecule has 0 rings (SSSR count). The van der Waals surface area contributed by atoms with Crippen molar-refractivity contribution in [3.8, 4) is 0 Å². The Bertz CT molecular complexity index is 263. The minimum Gasteiger partial charge on any atom is -0.356 e.